The van der Waals surface area contributed by atoms with Crippen molar-refractivity contribution in [2.45, 2.75) is 26.7 Å². The van der Waals surface area contributed by atoms with Gasteiger partial charge in [0.05, 0.1) is 26.2 Å². The summed E-state index contributed by atoms with van der Waals surface area (Å²) in [5.41, 5.74) is 1.14. The maximum Gasteiger partial charge on any atom is 0.0934 e. The van der Waals surface area contributed by atoms with Gasteiger partial charge in [-0.3, -0.25) is 0 Å². The van der Waals surface area contributed by atoms with Crippen LogP contribution in [-0.4, -0.2) is 0 Å². The number of rotatable bonds is 4. The molecule has 0 N–H and O–H groups in total. The predicted molar refractivity (Wildman–Crippen MR) is 43.2 cm³/mol. The minimum absolute atomic E-state index is 1.06. The maximum atomic E-state index is 3.81. The lowest BCUT2D eigenvalue weighted by atomic mass is 10.0. The lowest BCUT2D eigenvalue weighted by molar-refractivity contribution is 0.836. The molecule has 0 rings (SSSR count). The second-order valence-electron chi connectivity index (χ2n) is 2.57. The molecule has 0 saturated heterocycles. The first-order valence-electron chi connectivity index (χ1n) is 3.26. The molecule has 0 aromatic heterocycles. The highest BCUT2D eigenvalue weighted by Gasteiger charge is 2.02. The SMILES string of the molecule is C=CC(=C)CC[C+](C)C. The third-order valence-corrected chi connectivity index (χ3v) is 1.23. The highest BCUT2D eigenvalue weighted by Crippen LogP contribution is 2.11. The van der Waals surface area contributed by atoms with Crippen molar-refractivity contribution in [2.24, 2.45) is 0 Å². The quantitative estimate of drug-likeness (QED) is 0.398. The van der Waals surface area contributed by atoms with Crippen LogP contribution in [0.2, 0.25) is 0 Å². The van der Waals surface area contributed by atoms with Crippen LogP contribution < -0.4 is 0 Å². The molecule has 0 atom stereocenters. The van der Waals surface area contributed by atoms with Crippen LogP contribution in [0.5, 0.6) is 0 Å². The van der Waals surface area contributed by atoms with Gasteiger partial charge < -0.3 is 0 Å². The molecule has 0 saturated carbocycles. The van der Waals surface area contributed by atoms with Gasteiger partial charge in [-0.2, -0.15) is 0 Å². The predicted octanol–water partition coefficient (Wildman–Crippen LogP) is 3.12. The highest BCUT2D eigenvalue weighted by molar-refractivity contribution is 5.11. The molecule has 0 radical (unpaired) electrons. The van der Waals surface area contributed by atoms with Crippen molar-refractivity contribution < 1.29 is 0 Å². The molecule has 0 bridgehead atoms. The van der Waals surface area contributed by atoms with E-state index in [4.69, 9.17) is 0 Å². The first-order valence-corrected chi connectivity index (χ1v) is 3.26. The van der Waals surface area contributed by atoms with Gasteiger partial charge in [-0.1, -0.05) is 24.8 Å². The third kappa shape index (κ3) is 5.22. The average Bonchev–Trinajstić information content (AvgIpc) is 1.83. The van der Waals surface area contributed by atoms with Crippen molar-refractivity contribution in [3.05, 3.63) is 30.7 Å². The molecule has 0 aliphatic rings. The standard InChI is InChI=1S/C9H15/c1-5-9(4)7-6-8(2)3/h5H,1,4,6-7H2,2-3H3/q+1. The molecule has 0 heteroatoms. The Bertz CT molecular complexity index is 98.6. The molecule has 50 valence electrons. The van der Waals surface area contributed by atoms with Gasteiger partial charge in [0.2, 0.25) is 0 Å². The molecule has 9 heavy (non-hydrogen) atoms. The van der Waals surface area contributed by atoms with Crippen LogP contribution in [-0.2, 0) is 0 Å². The van der Waals surface area contributed by atoms with Crippen LogP contribution in [0, 0.1) is 5.92 Å². The highest BCUT2D eigenvalue weighted by atomic mass is 14.0. The van der Waals surface area contributed by atoms with Gasteiger partial charge in [-0.05, 0) is 0 Å². The van der Waals surface area contributed by atoms with Crippen molar-refractivity contribution in [1.82, 2.24) is 0 Å². The second kappa shape index (κ2) is 4.25. The van der Waals surface area contributed by atoms with E-state index in [9.17, 15) is 0 Å². The first kappa shape index (κ1) is 8.35. The van der Waals surface area contributed by atoms with Gasteiger partial charge in [0.25, 0.3) is 0 Å². The summed E-state index contributed by atoms with van der Waals surface area (Å²) in [5.74, 6) is 1.46. The molecule has 0 fully saturated rings. The van der Waals surface area contributed by atoms with E-state index >= 15 is 0 Å². The normalized spacial score (nSPS) is 8.67. The molecule has 0 unspecified atom stereocenters. The molecule has 0 heterocycles. The lowest BCUT2D eigenvalue weighted by Crippen LogP contribution is -1.84. The van der Waals surface area contributed by atoms with E-state index in [1.807, 2.05) is 6.08 Å². The monoisotopic (exact) mass is 123 g/mol. The summed E-state index contributed by atoms with van der Waals surface area (Å²) in [7, 11) is 0. The van der Waals surface area contributed by atoms with Crippen LogP contribution in [0.15, 0.2) is 24.8 Å². The summed E-state index contributed by atoms with van der Waals surface area (Å²) in [6.45, 7) is 11.7. The summed E-state index contributed by atoms with van der Waals surface area (Å²) in [6, 6.07) is 0. The van der Waals surface area contributed by atoms with E-state index in [2.05, 4.69) is 27.0 Å². The molecular formula is C9H15+. The molecule has 0 aromatic rings. The Hall–Kier alpha value is -0.650. The van der Waals surface area contributed by atoms with Gasteiger partial charge >= 0.3 is 0 Å². The topological polar surface area (TPSA) is 0 Å². The molecule has 0 amide bonds. The van der Waals surface area contributed by atoms with Crippen LogP contribution in [0.25, 0.3) is 0 Å². The molecule has 0 aromatic carbocycles. The minimum atomic E-state index is 1.06. The van der Waals surface area contributed by atoms with Crippen molar-refractivity contribution in [1.29, 1.82) is 0 Å². The van der Waals surface area contributed by atoms with Crippen LogP contribution in [0.3, 0.4) is 0 Å². The Labute approximate surface area is 58.3 Å². The Kier molecular flexibility index (Phi) is 3.94. The van der Waals surface area contributed by atoms with E-state index < -0.39 is 0 Å². The fourth-order valence-electron chi connectivity index (χ4n) is 0.513. The molecule has 0 spiro atoms. The molecule has 0 aliphatic heterocycles. The smallest absolute Gasteiger partial charge is 0.0934 e. The van der Waals surface area contributed by atoms with Crippen molar-refractivity contribution in [2.75, 3.05) is 0 Å². The molecular weight excluding hydrogens is 108 g/mol. The Morgan fingerprint density at radius 3 is 2.44 bits per heavy atom. The molecule has 0 nitrogen and oxygen atoms in total. The van der Waals surface area contributed by atoms with E-state index in [0.29, 0.717) is 0 Å². The zero-order valence-electron chi connectivity index (χ0n) is 6.41. The average molecular weight is 123 g/mol. The summed E-state index contributed by atoms with van der Waals surface area (Å²) >= 11 is 0. The van der Waals surface area contributed by atoms with Crippen molar-refractivity contribution >= 4 is 0 Å². The first-order chi connectivity index (χ1) is 4.16. The van der Waals surface area contributed by atoms with Crippen LogP contribution >= 0.6 is 0 Å². The van der Waals surface area contributed by atoms with Gasteiger partial charge in [-0.15, -0.1) is 0 Å². The van der Waals surface area contributed by atoms with E-state index in [-0.39, 0.29) is 0 Å². The van der Waals surface area contributed by atoms with Crippen LogP contribution in [0.4, 0.5) is 0 Å². The van der Waals surface area contributed by atoms with E-state index in [0.717, 1.165) is 18.4 Å². The summed E-state index contributed by atoms with van der Waals surface area (Å²) in [4.78, 5) is 0. The van der Waals surface area contributed by atoms with Crippen LogP contribution in [0.1, 0.15) is 26.7 Å². The largest absolute Gasteiger partial charge is 0.0988 e. The summed E-state index contributed by atoms with van der Waals surface area (Å²) in [5, 5.41) is 0. The zero-order valence-corrected chi connectivity index (χ0v) is 6.41. The second-order valence-corrected chi connectivity index (χ2v) is 2.57. The fraction of sp³-hybridized carbons (Fsp3) is 0.444. The van der Waals surface area contributed by atoms with Gasteiger partial charge in [0, 0.05) is 6.42 Å². The van der Waals surface area contributed by atoms with E-state index in [1.54, 1.807) is 0 Å². The summed E-state index contributed by atoms with van der Waals surface area (Å²) < 4.78 is 0. The minimum Gasteiger partial charge on any atom is -0.0988 e. The zero-order chi connectivity index (χ0) is 7.28. The molecule has 0 aliphatic carbocycles. The van der Waals surface area contributed by atoms with Gasteiger partial charge in [-0.25, -0.2) is 0 Å². The Morgan fingerprint density at radius 2 is 2.11 bits per heavy atom. The Morgan fingerprint density at radius 1 is 1.56 bits per heavy atom. The number of hydrogen-bond acceptors (Lipinski definition) is 0. The summed E-state index contributed by atoms with van der Waals surface area (Å²) in [6.07, 6.45) is 4.03. The third-order valence-electron chi connectivity index (χ3n) is 1.23. The van der Waals surface area contributed by atoms with Gasteiger partial charge in [0.15, 0.2) is 0 Å². The maximum absolute atomic E-state index is 3.81. The van der Waals surface area contributed by atoms with Gasteiger partial charge in [0.1, 0.15) is 0 Å². The van der Waals surface area contributed by atoms with Crippen molar-refractivity contribution in [3.8, 4) is 0 Å². The van der Waals surface area contributed by atoms with E-state index in [1.165, 1.54) is 5.92 Å². The number of hydrogen-bond donors (Lipinski definition) is 0. The fourth-order valence-corrected chi connectivity index (χ4v) is 0.513. The number of allylic oxidation sites excluding steroid dienone is 2. The Balaban J connectivity index is 3.27. The van der Waals surface area contributed by atoms with Crippen molar-refractivity contribution in [3.63, 3.8) is 0 Å². The lowest BCUT2D eigenvalue weighted by Gasteiger charge is -1.94.